The van der Waals surface area contributed by atoms with Gasteiger partial charge in [-0.05, 0) is 61.2 Å². The molecule has 11 heteroatoms. The van der Waals surface area contributed by atoms with E-state index in [0.29, 0.717) is 63.4 Å². The van der Waals surface area contributed by atoms with Crippen molar-refractivity contribution in [3.63, 3.8) is 0 Å². The van der Waals surface area contributed by atoms with Gasteiger partial charge in [0.1, 0.15) is 11.6 Å². The number of rotatable bonds is 5. The lowest BCUT2D eigenvalue weighted by Gasteiger charge is -2.36. The Labute approximate surface area is 243 Å². The molecule has 0 spiro atoms. The van der Waals surface area contributed by atoms with Gasteiger partial charge in [0.05, 0.1) is 12.0 Å². The Morgan fingerprint density at radius 2 is 1.59 bits per heavy atom. The van der Waals surface area contributed by atoms with Crippen LogP contribution < -0.4 is 10.1 Å². The molecule has 2 aromatic rings. The highest BCUT2D eigenvalue weighted by molar-refractivity contribution is 6.30. The van der Waals surface area contributed by atoms with Gasteiger partial charge in [-0.25, -0.2) is 9.18 Å². The van der Waals surface area contributed by atoms with E-state index < -0.39 is 11.9 Å². The third kappa shape index (κ3) is 6.64. The van der Waals surface area contributed by atoms with Crippen molar-refractivity contribution >= 4 is 35.4 Å². The fraction of sp³-hybridized carbons (Fsp3) is 0.467. The van der Waals surface area contributed by atoms with Crippen LogP contribution in [0.25, 0.3) is 0 Å². The van der Waals surface area contributed by atoms with Crippen molar-refractivity contribution in [2.24, 2.45) is 11.8 Å². The number of piperidine rings is 2. The molecule has 4 amide bonds. The lowest BCUT2D eigenvalue weighted by molar-refractivity contribution is -0.143. The molecule has 3 aliphatic rings. The first kappa shape index (κ1) is 28.9. The third-order valence-electron chi connectivity index (χ3n) is 8.47. The van der Waals surface area contributed by atoms with Gasteiger partial charge in [-0.1, -0.05) is 23.7 Å². The van der Waals surface area contributed by atoms with Crippen LogP contribution in [0.4, 0.5) is 9.18 Å². The van der Waals surface area contributed by atoms with Gasteiger partial charge < -0.3 is 24.8 Å². The number of benzene rings is 2. The maximum atomic E-state index is 13.7. The molecule has 41 heavy (non-hydrogen) atoms. The Balaban J connectivity index is 1.24. The average Bonchev–Trinajstić information content (AvgIpc) is 3.43. The van der Waals surface area contributed by atoms with Crippen molar-refractivity contribution in [1.82, 2.24) is 20.0 Å². The van der Waals surface area contributed by atoms with Crippen LogP contribution in [0.3, 0.4) is 0 Å². The van der Waals surface area contributed by atoms with E-state index >= 15 is 0 Å². The number of halogens is 2. The summed E-state index contributed by atoms with van der Waals surface area (Å²) < 4.78 is 18.8. The summed E-state index contributed by atoms with van der Waals surface area (Å²) in [7, 11) is 1.64. The van der Waals surface area contributed by atoms with Crippen molar-refractivity contribution in [3.8, 4) is 5.75 Å². The summed E-state index contributed by atoms with van der Waals surface area (Å²) in [6.45, 7) is 2.14. The van der Waals surface area contributed by atoms with E-state index in [9.17, 15) is 23.6 Å². The predicted octanol–water partition coefficient (Wildman–Crippen LogP) is 3.67. The topological polar surface area (TPSA) is 99.3 Å². The normalized spacial score (nSPS) is 23.2. The van der Waals surface area contributed by atoms with E-state index in [4.69, 9.17) is 16.3 Å². The molecule has 3 saturated heterocycles. The highest BCUT2D eigenvalue weighted by atomic mass is 35.5. The summed E-state index contributed by atoms with van der Waals surface area (Å²) in [6, 6.07) is 12.3. The van der Waals surface area contributed by atoms with E-state index in [-0.39, 0.29) is 47.3 Å². The lowest BCUT2D eigenvalue weighted by atomic mass is 9.92. The lowest BCUT2D eigenvalue weighted by Crippen LogP contribution is -2.49. The Morgan fingerprint density at radius 3 is 2.22 bits per heavy atom. The van der Waals surface area contributed by atoms with Crippen LogP contribution in [0.15, 0.2) is 48.5 Å². The molecule has 0 saturated carbocycles. The summed E-state index contributed by atoms with van der Waals surface area (Å²) in [5.41, 5.74) is 0.955. The molecule has 9 nitrogen and oxygen atoms in total. The zero-order valence-electron chi connectivity index (χ0n) is 22.9. The number of carbonyl (C=O) groups is 4. The number of likely N-dealkylation sites (N-methyl/N-ethyl adjacent to an activating group) is 1. The van der Waals surface area contributed by atoms with E-state index in [1.54, 1.807) is 19.2 Å². The molecule has 0 bridgehead atoms. The molecule has 0 aromatic heterocycles. The second-order valence-electron chi connectivity index (χ2n) is 11.0. The van der Waals surface area contributed by atoms with E-state index in [1.807, 2.05) is 21.9 Å². The van der Waals surface area contributed by atoms with Gasteiger partial charge in [-0.2, -0.15) is 0 Å². The molecule has 3 atom stereocenters. The van der Waals surface area contributed by atoms with Crippen LogP contribution in [0, 0.1) is 17.7 Å². The van der Waals surface area contributed by atoms with Crippen LogP contribution in [0.2, 0.25) is 5.02 Å². The number of ether oxygens (including phenoxy) is 1. The van der Waals surface area contributed by atoms with Crippen LogP contribution >= 0.6 is 11.6 Å². The Morgan fingerprint density at radius 1 is 0.927 bits per heavy atom. The number of likely N-dealkylation sites (tertiary alicyclic amines) is 2. The highest BCUT2D eigenvalue weighted by Gasteiger charge is 2.43. The quantitative estimate of drug-likeness (QED) is 0.578. The summed E-state index contributed by atoms with van der Waals surface area (Å²) in [4.78, 5) is 56.3. The van der Waals surface area contributed by atoms with Gasteiger partial charge in [0.2, 0.25) is 17.7 Å². The number of hydrogen-bond acceptors (Lipinski definition) is 5. The summed E-state index contributed by atoms with van der Waals surface area (Å²) in [5.74, 6) is -0.739. The molecule has 218 valence electrons. The van der Waals surface area contributed by atoms with Gasteiger partial charge in [0.25, 0.3) is 0 Å². The van der Waals surface area contributed by atoms with Gasteiger partial charge in [-0.3, -0.25) is 14.4 Å². The number of hydrogen-bond donors (Lipinski definition) is 1. The smallest absolute Gasteiger partial charge is 0.410 e. The van der Waals surface area contributed by atoms with E-state index in [2.05, 4.69) is 5.32 Å². The maximum absolute atomic E-state index is 13.7. The van der Waals surface area contributed by atoms with Crippen molar-refractivity contribution in [2.45, 2.75) is 37.6 Å². The highest BCUT2D eigenvalue weighted by Crippen LogP contribution is 2.34. The largest absolute Gasteiger partial charge is 0.415 e. The predicted molar refractivity (Wildman–Crippen MR) is 150 cm³/mol. The van der Waals surface area contributed by atoms with Gasteiger partial charge in [-0.15, -0.1) is 0 Å². The molecular weight excluding hydrogens is 551 g/mol. The van der Waals surface area contributed by atoms with Crippen molar-refractivity contribution < 1.29 is 28.3 Å². The zero-order valence-corrected chi connectivity index (χ0v) is 23.7. The molecule has 2 aromatic carbocycles. The second kappa shape index (κ2) is 12.5. The SMILES string of the molecule is CN(C(=O)Oc1ccc(F)cc1)[C@@H]1CN(C(=O)C2CCN(C(=O)C3CCC(=O)NC3)CC2)C[C@H]1c1ccc(Cl)cc1. The summed E-state index contributed by atoms with van der Waals surface area (Å²) >= 11 is 6.12. The fourth-order valence-electron chi connectivity index (χ4n) is 6.01. The minimum Gasteiger partial charge on any atom is -0.410 e. The van der Waals surface area contributed by atoms with Gasteiger partial charge in [0, 0.05) is 63.1 Å². The minimum absolute atomic E-state index is 0.0174. The van der Waals surface area contributed by atoms with Crippen LogP contribution in [0.5, 0.6) is 5.75 Å². The first-order chi connectivity index (χ1) is 19.7. The van der Waals surface area contributed by atoms with Gasteiger partial charge in [0.15, 0.2) is 0 Å². The molecule has 1 unspecified atom stereocenters. The molecule has 5 rings (SSSR count). The second-order valence-corrected chi connectivity index (χ2v) is 11.5. The minimum atomic E-state index is -0.597. The molecule has 3 heterocycles. The summed E-state index contributed by atoms with van der Waals surface area (Å²) in [5, 5.41) is 3.36. The van der Waals surface area contributed by atoms with E-state index in [1.165, 1.54) is 29.2 Å². The molecule has 0 radical (unpaired) electrons. The van der Waals surface area contributed by atoms with Crippen LogP contribution in [-0.4, -0.2) is 84.3 Å². The van der Waals surface area contributed by atoms with Crippen LogP contribution in [0.1, 0.15) is 37.2 Å². The number of nitrogens with zero attached hydrogens (tertiary/aromatic N) is 3. The first-order valence-electron chi connectivity index (χ1n) is 14.0. The Bertz CT molecular complexity index is 1270. The molecule has 0 aliphatic carbocycles. The van der Waals surface area contributed by atoms with Crippen LogP contribution in [-0.2, 0) is 14.4 Å². The number of nitrogens with one attached hydrogen (secondary N) is 1. The fourth-order valence-corrected chi connectivity index (χ4v) is 6.14. The standard InChI is InChI=1S/C30H34ClFN4O5/c1-34(30(40)41-24-9-7-23(32)8-10-24)26-18-36(17-25(26)19-2-5-22(31)6-3-19)28(38)20-12-14-35(15-13-20)29(39)21-4-11-27(37)33-16-21/h2-3,5-10,20-21,25-26H,4,11-18H2,1H3,(H,33,37)/t21?,25-,26+/m0/s1. The van der Waals surface area contributed by atoms with E-state index in [0.717, 1.165) is 5.56 Å². The first-order valence-corrected chi connectivity index (χ1v) is 14.4. The Kier molecular flexibility index (Phi) is 8.77. The molecule has 3 aliphatic heterocycles. The third-order valence-corrected chi connectivity index (χ3v) is 8.73. The number of amides is 4. The monoisotopic (exact) mass is 584 g/mol. The Hall–Kier alpha value is -3.66. The molecule has 3 fully saturated rings. The zero-order chi connectivity index (χ0) is 29.1. The van der Waals surface area contributed by atoms with Crippen molar-refractivity contribution in [2.75, 3.05) is 39.8 Å². The maximum Gasteiger partial charge on any atom is 0.415 e. The summed E-state index contributed by atoms with van der Waals surface area (Å²) in [6.07, 6.45) is 1.46. The average molecular weight is 585 g/mol. The molecule has 1 N–H and O–H groups in total. The number of carbonyl (C=O) groups excluding carboxylic acids is 4. The van der Waals surface area contributed by atoms with Crippen molar-refractivity contribution in [3.05, 3.63) is 64.9 Å². The van der Waals surface area contributed by atoms with Gasteiger partial charge >= 0.3 is 6.09 Å². The molecular formula is C30H34ClFN4O5. The van der Waals surface area contributed by atoms with Crippen molar-refractivity contribution in [1.29, 1.82) is 0 Å².